The van der Waals surface area contributed by atoms with Crippen LogP contribution in [-0.4, -0.2) is 24.0 Å². The van der Waals surface area contributed by atoms with Crippen LogP contribution in [-0.2, 0) is 19.4 Å². The molecule has 0 unspecified atom stereocenters. The van der Waals surface area contributed by atoms with Crippen molar-refractivity contribution in [2.24, 2.45) is 5.73 Å². The molecule has 0 spiro atoms. The molecule has 0 saturated carbocycles. The Labute approximate surface area is 146 Å². The Morgan fingerprint density at radius 2 is 2.20 bits per heavy atom. The third-order valence-electron chi connectivity index (χ3n) is 4.22. The van der Waals surface area contributed by atoms with Crippen molar-refractivity contribution in [3.63, 3.8) is 0 Å². The predicted octanol–water partition coefficient (Wildman–Crippen LogP) is 2.37. The molecule has 1 aliphatic rings. The van der Waals surface area contributed by atoms with Crippen molar-refractivity contribution in [2.45, 2.75) is 32.2 Å². The maximum Gasteiger partial charge on any atom is 0.255 e. The first-order chi connectivity index (χ1) is 12.2. The number of rotatable bonds is 7. The second-order valence-corrected chi connectivity index (χ2v) is 6.12. The molecule has 1 aliphatic carbocycles. The molecular weight excluding hydrogens is 321 g/mol. The number of ether oxygens (including phenoxy) is 1. The van der Waals surface area contributed by atoms with Crippen LogP contribution in [0.1, 0.15) is 40.0 Å². The molecule has 5 nitrogen and oxygen atoms in total. The van der Waals surface area contributed by atoms with Crippen molar-refractivity contribution >= 4 is 5.91 Å². The second-order valence-electron chi connectivity index (χ2n) is 6.12. The van der Waals surface area contributed by atoms with E-state index < -0.39 is 5.82 Å². The number of aromatic nitrogens is 1. The Balaban J connectivity index is 1.67. The minimum Gasteiger partial charge on any atom is -0.493 e. The van der Waals surface area contributed by atoms with Crippen LogP contribution in [0.3, 0.4) is 0 Å². The minimum absolute atomic E-state index is 0.186. The average molecular weight is 343 g/mol. The maximum absolute atomic E-state index is 13.5. The van der Waals surface area contributed by atoms with E-state index in [-0.39, 0.29) is 11.5 Å². The van der Waals surface area contributed by atoms with Crippen LogP contribution in [0, 0.1) is 5.82 Å². The fraction of sp³-hybridized carbons (Fsp3) is 0.368. The van der Waals surface area contributed by atoms with E-state index in [1.54, 1.807) is 6.20 Å². The highest BCUT2D eigenvalue weighted by Gasteiger charge is 2.15. The van der Waals surface area contributed by atoms with E-state index in [1.165, 1.54) is 23.8 Å². The first-order valence-corrected chi connectivity index (χ1v) is 8.54. The summed E-state index contributed by atoms with van der Waals surface area (Å²) in [7, 11) is 0. The smallest absolute Gasteiger partial charge is 0.255 e. The molecule has 2 aromatic rings. The molecule has 1 aromatic carbocycles. The Hall–Kier alpha value is -2.47. The summed E-state index contributed by atoms with van der Waals surface area (Å²) in [6.45, 7) is 1.23. The van der Waals surface area contributed by atoms with Crippen LogP contribution >= 0.6 is 0 Å². The predicted molar refractivity (Wildman–Crippen MR) is 93.0 cm³/mol. The summed E-state index contributed by atoms with van der Waals surface area (Å²) < 4.78 is 19.1. The van der Waals surface area contributed by atoms with E-state index in [2.05, 4.69) is 16.4 Å². The second kappa shape index (κ2) is 8.07. The van der Waals surface area contributed by atoms with Gasteiger partial charge in [0.1, 0.15) is 11.6 Å². The molecule has 3 rings (SSSR count). The molecular formula is C19H22FN3O2. The summed E-state index contributed by atoms with van der Waals surface area (Å²) in [6, 6.07) is 6.02. The lowest BCUT2D eigenvalue weighted by Crippen LogP contribution is -2.24. The Kier molecular flexibility index (Phi) is 5.60. The van der Waals surface area contributed by atoms with Crippen LogP contribution in [0.5, 0.6) is 5.75 Å². The molecule has 25 heavy (non-hydrogen) atoms. The third-order valence-corrected chi connectivity index (χ3v) is 4.22. The Morgan fingerprint density at radius 1 is 1.32 bits per heavy atom. The first kappa shape index (κ1) is 17.4. The van der Waals surface area contributed by atoms with Gasteiger partial charge in [-0.2, -0.15) is 0 Å². The number of benzene rings is 1. The van der Waals surface area contributed by atoms with Crippen molar-refractivity contribution < 1.29 is 13.9 Å². The fourth-order valence-electron chi connectivity index (χ4n) is 2.92. The first-order valence-electron chi connectivity index (χ1n) is 8.54. The van der Waals surface area contributed by atoms with Gasteiger partial charge in [0.05, 0.1) is 12.2 Å². The van der Waals surface area contributed by atoms with Crippen LogP contribution in [0.2, 0.25) is 0 Å². The van der Waals surface area contributed by atoms with E-state index in [9.17, 15) is 9.18 Å². The van der Waals surface area contributed by atoms with Gasteiger partial charge in [-0.25, -0.2) is 4.39 Å². The monoisotopic (exact) mass is 343 g/mol. The number of fused-ring (bicyclic) bond motifs is 1. The van der Waals surface area contributed by atoms with Crippen molar-refractivity contribution in [1.82, 2.24) is 10.3 Å². The number of hydrogen-bond acceptors (Lipinski definition) is 4. The van der Waals surface area contributed by atoms with E-state index >= 15 is 0 Å². The molecule has 1 aromatic heterocycles. The summed E-state index contributed by atoms with van der Waals surface area (Å²) in [5.41, 5.74) is 8.97. The number of amides is 1. The number of hydrogen-bond donors (Lipinski definition) is 2. The van der Waals surface area contributed by atoms with Crippen LogP contribution in [0.25, 0.3) is 0 Å². The van der Waals surface area contributed by atoms with Gasteiger partial charge in [-0.15, -0.1) is 0 Å². The van der Waals surface area contributed by atoms with Crippen molar-refractivity contribution in [1.29, 1.82) is 0 Å². The number of nitrogens with zero attached hydrogens (tertiary/aromatic N) is 1. The lowest BCUT2D eigenvalue weighted by molar-refractivity contribution is 0.0946. The third kappa shape index (κ3) is 4.33. The van der Waals surface area contributed by atoms with Crippen LogP contribution in [0.15, 0.2) is 30.5 Å². The zero-order valence-electron chi connectivity index (χ0n) is 14.1. The summed E-state index contributed by atoms with van der Waals surface area (Å²) in [5, 5.41) is 2.81. The minimum atomic E-state index is -0.476. The molecule has 132 valence electrons. The molecule has 3 N–H and O–H groups in total. The average Bonchev–Trinajstić information content (AvgIpc) is 3.08. The fourth-order valence-corrected chi connectivity index (χ4v) is 2.92. The number of pyridine rings is 1. The SMILES string of the molecule is NCCCOc1ccc(F)cc1C(=O)NCc1cnc2c(c1)CCC2. The van der Waals surface area contributed by atoms with Gasteiger partial charge in [-0.05, 0) is 61.6 Å². The van der Waals surface area contributed by atoms with Gasteiger partial charge in [-0.1, -0.05) is 6.07 Å². The number of aryl methyl sites for hydroxylation is 2. The summed E-state index contributed by atoms with van der Waals surface area (Å²) in [6.07, 6.45) is 5.64. The zero-order chi connectivity index (χ0) is 17.6. The van der Waals surface area contributed by atoms with Gasteiger partial charge in [0.15, 0.2) is 0 Å². The zero-order valence-corrected chi connectivity index (χ0v) is 14.1. The topological polar surface area (TPSA) is 77.2 Å². The number of carbonyl (C=O) groups excluding carboxylic acids is 1. The molecule has 6 heteroatoms. The quantitative estimate of drug-likeness (QED) is 0.757. The molecule has 0 bridgehead atoms. The van der Waals surface area contributed by atoms with Gasteiger partial charge in [0, 0.05) is 18.4 Å². The summed E-state index contributed by atoms with van der Waals surface area (Å²) in [5.74, 6) is -0.488. The van der Waals surface area contributed by atoms with E-state index in [0.717, 1.165) is 30.5 Å². The molecule has 1 amide bonds. The highest BCUT2D eigenvalue weighted by atomic mass is 19.1. The van der Waals surface area contributed by atoms with Crippen molar-refractivity contribution in [2.75, 3.05) is 13.2 Å². The summed E-state index contributed by atoms with van der Waals surface area (Å²) in [4.78, 5) is 16.9. The van der Waals surface area contributed by atoms with Gasteiger partial charge in [0.2, 0.25) is 0 Å². The van der Waals surface area contributed by atoms with Gasteiger partial charge < -0.3 is 15.8 Å². The maximum atomic E-state index is 13.5. The highest BCUT2D eigenvalue weighted by molar-refractivity contribution is 5.96. The lowest BCUT2D eigenvalue weighted by Gasteiger charge is -2.12. The number of nitrogens with one attached hydrogen (secondary N) is 1. The highest BCUT2D eigenvalue weighted by Crippen LogP contribution is 2.22. The van der Waals surface area contributed by atoms with Crippen molar-refractivity contribution in [3.8, 4) is 5.75 Å². The van der Waals surface area contributed by atoms with Gasteiger partial charge in [-0.3, -0.25) is 9.78 Å². The molecule has 1 heterocycles. The standard InChI is InChI=1S/C19H22FN3O2/c20-15-5-6-18(25-8-2-7-21)16(10-15)19(24)23-12-13-9-14-3-1-4-17(14)22-11-13/h5-6,9-11H,1-4,7-8,12,21H2,(H,23,24). The molecule has 0 aliphatic heterocycles. The summed E-state index contributed by atoms with van der Waals surface area (Å²) >= 11 is 0. The number of nitrogens with two attached hydrogens (primary N) is 1. The van der Waals surface area contributed by atoms with Crippen LogP contribution < -0.4 is 15.8 Å². The number of halogens is 1. The largest absolute Gasteiger partial charge is 0.493 e. The van der Waals surface area contributed by atoms with E-state index in [0.29, 0.717) is 31.9 Å². The number of carbonyl (C=O) groups is 1. The van der Waals surface area contributed by atoms with Gasteiger partial charge >= 0.3 is 0 Å². The normalized spacial score (nSPS) is 12.7. The lowest BCUT2D eigenvalue weighted by atomic mass is 10.1. The molecule has 0 fully saturated rings. The molecule has 0 radical (unpaired) electrons. The van der Waals surface area contributed by atoms with Gasteiger partial charge in [0.25, 0.3) is 5.91 Å². The van der Waals surface area contributed by atoms with E-state index in [1.807, 2.05) is 0 Å². The van der Waals surface area contributed by atoms with E-state index in [4.69, 9.17) is 10.5 Å². The molecule has 0 atom stereocenters. The van der Waals surface area contributed by atoms with Crippen molar-refractivity contribution in [3.05, 3.63) is 58.7 Å². The van der Waals surface area contributed by atoms with Crippen LogP contribution in [0.4, 0.5) is 4.39 Å². The molecule has 0 saturated heterocycles. The Morgan fingerprint density at radius 3 is 3.04 bits per heavy atom. The Bertz CT molecular complexity index is 764.